The Morgan fingerprint density at radius 3 is 2.86 bits per heavy atom. The normalized spacial score (nSPS) is 27.9. The Morgan fingerprint density at radius 2 is 1.95 bits per heavy atom. The third-order valence-corrected chi connectivity index (χ3v) is 6.07. The molecule has 112 valence electrons. The number of nitrogens with zero attached hydrogens (tertiary/aromatic N) is 3. The number of fused-ring (bicyclic) bond motifs is 2. The van der Waals surface area contributed by atoms with Gasteiger partial charge >= 0.3 is 0 Å². The first-order valence-corrected chi connectivity index (χ1v) is 9.02. The number of piperazine rings is 1. The van der Waals surface area contributed by atoms with Crippen LogP contribution in [0.5, 0.6) is 0 Å². The van der Waals surface area contributed by atoms with Crippen LogP contribution in [0, 0.1) is 0 Å². The molecular formula is C15H19N3O2S. The first kappa shape index (κ1) is 13.3. The van der Waals surface area contributed by atoms with Crippen LogP contribution in [0.2, 0.25) is 0 Å². The van der Waals surface area contributed by atoms with Crippen molar-refractivity contribution in [2.45, 2.75) is 30.2 Å². The maximum atomic E-state index is 12.2. The van der Waals surface area contributed by atoms with Crippen LogP contribution < -0.4 is 0 Å². The molecule has 0 amide bonds. The van der Waals surface area contributed by atoms with Gasteiger partial charge in [0, 0.05) is 31.2 Å². The van der Waals surface area contributed by atoms with E-state index in [1.807, 2.05) is 12.1 Å². The molecule has 4 rings (SSSR count). The van der Waals surface area contributed by atoms with E-state index in [-0.39, 0.29) is 0 Å². The largest absolute Gasteiger partial charge is 0.353 e. The zero-order valence-electron chi connectivity index (χ0n) is 11.9. The van der Waals surface area contributed by atoms with E-state index in [2.05, 4.69) is 14.2 Å². The van der Waals surface area contributed by atoms with E-state index in [0.717, 1.165) is 25.2 Å². The molecular weight excluding hydrogens is 286 g/mol. The molecule has 1 aromatic carbocycles. The van der Waals surface area contributed by atoms with Gasteiger partial charge < -0.3 is 4.90 Å². The number of piperidine rings is 1. The molecule has 21 heavy (non-hydrogen) atoms. The molecule has 1 atom stereocenters. The maximum absolute atomic E-state index is 12.2. The topological polar surface area (TPSA) is 53.0 Å². The molecule has 6 heteroatoms. The summed E-state index contributed by atoms with van der Waals surface area (Å²) in [5.74, 6) is 0.649. The van der Waals surface area contributed by atoms with Gasteiger partial charge in [0.15, 0.2) is 5.84 Å². The molecule has 0 spiro atoms. The van der Waals surface area contributed by atoms with Crippen molar-refractivity contribution in [3.05, 3.63) is 29.8 Å². The minimum atomic E-state index is -3.50. The van der Waals surface area contributed by atoms with Crippen LogP contribution >= 0.6 is 0 Å². The quantitative estimate of drug-likeness (QED) is 0.725. The van der Waals surface area contributed by atoms with E-state index in [0.29, 0.717) is 16.8 Å². The van der Waals surface area contributed by atoms with Crippen LogP contribution in [0.4, 0.5) is 0 Å². The van der Waals surface area contributed by atoms with Crippen molar-refractivity contribution >= 4 is 15.9 Å². The van der Waals surface area contributed by atoms with Gasteiger partial charge in [-0.3, -0.25) is 4.90 Å². The monoisotopic (exact) mass is 305 g/mol. The van der Waals surface area contributed by atoms with Crippen molar-refractivity contribution < 1.29 is 8.42 Å². The molecule has 3 heterocycles. The zero-order chi connectivity index (χ0) is 14.4. The molecule has 0 saturated carbocycles. The second-order valence-electron chi connectivity index (χ2n) is 6.02. The minimum absolute atomic E-state index is 0.353. The number of hydrogen-bond acceptors (Lipinski definition) is 4. The number of amidine groups is 1. The Balaban J connectivity index is 1.66. The Bertz CT molecular complexity index is 699. The summed E-state index contributed by atoms with van der Waals surface area (Å²) in [5.41, 5.74) is 0.766. The van der Waals surface area contributed by atoms with Crippen molar-refractivity contribution in [1.82, 2.24) is 9.80 Å². The molecule has 0 aliphatic carbocycles. The molecule has 1 aromatic rings. The van der Waals surface area contributed by atoms with Gasteiger partial charge in [0.2, 0.25) is 0 Å². The first-order valence-electron chi connectivity index (χ1n) is 7.58. The summed E-state index contributed by atoms with van der Waals surface area (Å²) in [7, 11) is -3.50. The first-order chi connectivity index (χ1) is 10.1. The van der Waals surface area contributed by atoms with Gasteiger partial charge in [-0.15, -0.1) is 4.40 Å². The fourth-order valence-electron chi connectivity index (χ4n) is 3.66. The van der Waals surface area contributed by atoms with E-state index in [1.54, 1.807) is 12.1 Å². The van der Waals surface area contributed by atoms with E-state index < -0.39 is 10.0 Å². The number of rotatable bonds is 0. The van der Waals surface area contributed by atoms with Crippen molar-refractivity contribution in [3.8, 4) is 0 Å². The fraction of sp³-hybridized carbons (Fsp3) is 0.533. The Labute approximate surface area is 125 Å². The highest BCUT2D eigenvalue weighted by molar-refractivity contribution is 7.90. The van der Waals surface area contributed by atoms with Crippen LogP contribution in [0.25, 0.3) is 0 Å². The highest BCUT2D eigenvalue weighted by Gasteiger charge is 2.36. The van der Waals surface area contributed by atoms with Crippen LogP contribution in [0.3, 0.4) is 0 Å². The second-order valence-corrected chi connectivity index (χ2v) is 7.59. The smallest absolute Gasteiger partial charge is 0.285 e. The summed E-state index contributed by atoms with van der Waals surface area (Å²) in [6.07, 6.45) is 3.77. The lowest BCUT2D eigenvalue weighted by Crippen LogP contribution is -2.56. The van der Waals surface area contributed by atoms with Crippen LogP contribution in [0.1, 0.15) is 24.8 Å². The molecule has 0 radical (unpaired) electrons. The lowest BCUT2D eigenvalue weighted by Gasteiger charge is -2.44. The SMILES string of the molecule is O=S1(=O)N=C(N2CCN3CCCCC3C2)c2ccccc21. The van der Waals surface area contributed by atoms with Gasteiger partial charge in [-0.2, -0.15) is 8.42 Å². The van der Waals surface area contributed by atoms with Crippen LogP contribution in [0.15, 0.2) is 33.6 Å². The van der Waals surface area contributed by atoms with E-state index in [4.69, 9.17) is 0 Å². The summed E-state index contributed by atoms with van der Waals surface area (Å²) in [4.78, 5) is 5.05. The van der Waals surface area contributed by atoms with E-state index >= 15 is 0 Å². The molecule has 2 fully saturated rings. The lowest BCUT2D eigenvalue weighted by atomic mass is 9.99. The molecule has 3 aliphatic rings. The Morgan fingerprint density at radius 1 is 1.10 bits per heavy atom. The summed E-state index contributed by atoms with van der Waals surface area (Å²) < 4.78 is 28.4. The standard InChI is InChI=1S/C15H19N3O2S/c19-21(20)14-7-2-1-6-13(14)15(16-21)18-10-9-17-8-4-3-5-12(17)11-18/h1-2,6-7,12H,3-5,8-11H2. The summed E-state index contributed by atoms with van der Waals surface area (Å²) in [5, 5.41) is 0. The molecule has 0 aromatic heterocycles. The minimum Gasteiger partial charge on any atom is -0.353 e. The summed E-state index contributed by atoms with van der Waals surface area (Å²) >= 11 is 0. The fourth-order valence-corrected chi connectivity index (χ4v) is 4.89. The van der Waals surface area contributed by atoms with Crippen LogP contribution in [-0.4, -0.2) is 56.3 Å². The molecule has 5 nitrogen and oxygen atoms in total. The van der Waals surface area contributed by atoms with Crippen molar-refractivity contribution in [2.75, 3.05) is 26.2 Å². The summed E-state index contributed by atoms with van der Waals surface area (Å²) in [6.45, 7) is 3.94. The maximum Gasteiger partial charge on any atom is 0.285 e. The van der Waals surface area contributed by atoms with Crippen molar-refractivity contribution in [3.63, 3.8) is 0 Å². The van der Waals surface area contributed by atoms with Gasteiger partial charge in [0.1, 0.15) is 4.90 Å². The van der Waals surface area contributed by atoms with Gasteiger partial charge in [0.05, 0.1) is 0 Å². The lowest BCUT2D eigenvalue weighted by molar-refractivity contribution is 0.0806. The van der Waals surface area contributed by atoms with Gasteiger partial charge in [-0.05, 0) is 31.5 Å². The number of sulfonamides is 1. The predicted octanol–water partition coefficient (Wildman–Crippen LogP) is 1.31. The molecule has 2 saturated heterocycles. The van der Waals surface area contributed by atoms with Crippen molar-refractivity contribution in [1.29, 1.82) is 0 Å². The van der Waals surface area contributed by atoms with Gasteiger partial charge in [-0.25, -0.2) is 0 Å². The average molecular weight is 305 g/mol. The Hall–Kier alpha value is -1.40. The van der Waals surface area contributed by atoms with E-state index in [9.17, 15) is 8.42 Å². The van der Waals surface area contributed by atoms with Gasteiger partial charge in [0.25, 0.3) is 10.0 Å². The average Bonchev–Trinajstić information content (AvgIpc) is 2.79. The number of benzene rings is 1. The highest BCUT2D eigenvalue weighted by Crippen LogP contribution is 2.29. The molecule has 0 N–H and O–H groups in total. The van der Waals surface area contributed by atoms with Crippen LogP contribution in [-0.2, 0) is 10.0 Å². The predicted molar refractivity (Wildman–Crippen MR) is 80.9 cm³/mol. The second kappa shape index (κ2) is 4.81. The third kappa shape index (κ3) is 2.17. The van der Waals surface area contributed by atoms with E-state index in [1.165, 1.54) is 25.8 Å². The van der Waals surface area contributed by atoms with Crippen molar-refractivity contribution in [2.24, 2.45) is 4.40 Å². The highest BCUT2D eigenvalue weighted by atomic mass is 32.2. The molecule has 3 aliphatic heterocycles. The molecule has 0 bridgehead atoms. The third-order valence-electron chi connectivity index (χ3n) is 4.75. The number of hydrogen-bond donors (Lipinski definition) is 0. The molecule has 1 unspecified atom stereocenters. The van der Waals surface area contributed by atoms with Gasteiger partial charge in [-0.1, -0.05) is 18.6 Å². The zero-order valence-corrected chi connectivity index (χ0v) is 12.7. The Kier molecular flexibility index (Phi) is 3.04. The summed E-state index contributed by atoms with van der Waals surface area (Å²) in [6, 6.07) is 7.70.